The van der Waals surface area contributed by atoms with E-state index < -0.39 is 0 Å². The maximum absolute atomic E-state index is 14.2. The number of rotatable bonds is 6. The number of nitrogens with zero attached hydrogens (tertiary/aromatic N) is 1. The van der Waals surface area contributed by atoms with E-state index in [1.165, 1.54) is 17.2 Å². The summed E-state index contributed by atoms with van der Waals surface area (Å²) in [6.07, 6.45) is 2.01. The first-order chi connectivity index (χ1) is 13.8. The maximum Gasteiger partial charge on any atom is 0.146 e. The Bertz CT molecular complexity index is 866. The number of para-hydroxylation sites is 1. The molecule has 0 radical (unpaired) electrons. The minimum atomic E-state index is -0.173. The van der Waals surface area contributed by atoms with Gasteiger partial charge in [0.05, 0.1) is 5.69 Å². The van der Waals surface area contributed by atoms with Crippen molar-refractivity contribution in [3.05, 3.63) is 102 Å². The molecule has 2 unspecified atom stereocenters. The highest BCUT2D eigenvalue weighted by atomic mass is 19.1. The second-order valence-electron chi connectivity index (χ2n) is 7.69. The average Bonchev–Trinajstić information content (AvgIpc) is 2.73. The molecule has 3 aromatic carbocycles. The van der Waals surface area contributed by atoms with Gasteiger partial charge in [-0.15, -0.1) is 0 Å². The Labute approximate surface area is 167 Å². The zero-order valence-electron chi connectivity index (χ0n) is 16.1. The van der Waals surface area contributed by atoms with Crippen LogP contribution in [0.5, 0.6) is 0 Å². The third-order valence-electron chi connectivity index (χ3n) is 5.62. The molecular formula is C25H27FN2. The first kappa shape index (κ1) is 18.7. The lowest BCUT2D eigenvalue weighted by Crippen LogP contribution is -2.47. The van der Waals surface area contributed by atoms with Crippen LogP contribution in [0.4, 0.5) is 10.1 Å². The molecule has 1 fully saturated rings. The molecule has 0 aromatic heterocycles. The van der Waals surface area contributed by atoms with Crippen LogP contribution in [0.15, 0.2) is 84.9 Å². The number of piperidine rings is 1. The van der Waals surface area contributed by atoms with Crippen LogP contribution in [-0.4, -0.2) is 24.0 Å². The summed E-state index contributed by atoms with van der Waals surface area (Å²) >= 11 is 0. The van der Waals surface area contributed by atoms with Gasteiger partial charge in [-0.2, -0.15) is 0 Å². The molecule has 0 spiro atoms. The van der Waals surface area contributed by atoms with Gasteiger partial charge in [0, 0.05) is 25.7 Å². The minimum absolute atomic E-state index is 0.173. The number of nitrogens with one attached hydrogen (secondary N) is 1. The fourth-order valence-electron chi connectivity index (χ4n) is 4.18. The van der Waals surface area contributed by atoms with Crippen molar-refractivity contribution in [3.63, 3.8) is 0 Å². The third-order valence-corrected chi connectivity index (χ3v) is 5.62. The lowest BCUT2D eigenvalue weighted by atomic mass is 9.86. The number of benzene rings is 3. The van der Waals surface area contributed by atoms with Gasteiger partial charge in [0.2, 0.25) is 0 Å². The van der Waals surface area contributed by atoms with Gasteiger partial charge in [-0.3, -0.25) is 4.90 Å². The summed E-state index contributed by atoms with van der Waals surface area (Å²) in [7, 11) is 0. The first-order valence-electron chi connectivity index (χ1n) is 10.1. The van der Waals surface area contributed by atoms with Crippen LogP contribution >= 0.6 is 0 Å². The summed E-state index contributed by atoms with van der Waals surface area (Å²) in [5.74, 6) is 0.257. The Morgan fingerprint density at radius 3 is 2.18 bits per heavy atom. The second kappa shape index (κ2) is 9.03. The van der Waals surface area contributed by atoms with E-state index >= 15 is 0 Å². The van der Waals surface area contributed by atoms with E-state index in [4.69, 9.17) is 0 Å². The lowest BCUT2D eigenvalue weighted by Gasteiger charge is -2.39. The van der Waals surface area contributed by atoms with Gasteiger partial charge in [-0.1, -0.05) is 72.8 Å². The van der Waals surface area contributed by atoms with E-state index in [1.807, 2.05) is 12.1 Å². The highest BCUT2D eigenvalue weighted by Gasteiger charge is 2.29. The average molecular weight is 375 g/mol. The van der Waals surface area contributed by atoms with Crippen molar-refractivity contribution in [3.8, 4) is 0 Å². The van der Waals surface area contributed by atoms with E-state index in [0.29, 0.717) is 11.6 Å². The summed E-state index contributed by atoms with van der Waals surface area (Å²) in [5.41, 5.74) is 3.30. The topological polar surface area (TPSA) is 15.3 Å². The van der Waals surface area contributed by atoms with Crippen LogP contribution in [0.3, 0.4) is 0 Å². The molecule has 1 saturated heterocycles. The summed E-state index contributed by atoms with van der Waals surface area (Å²) in [5, 5.41) is 3.50. The van der Waals surface area contributed by atoms with Crippen molar-refractivity contribution in [1.29, 1.82) is 0 Å². The monoisotopic (exact) mass is 374 g/mol. The van der Waals surface area contributed by atoms with Crippen molar-refractivity contribution < 1.29 is 4.39 Å². The van der Waals surface area contributed by atoms with Gasteiger partial charge in [-0.25, -0.2) is 4.39 Å². The Morgan fingerprint density at radius 1 is 0.821 bits per heavy atom. The number of hydrogen-bond acceptors (Lipinski definition) is 2. The normalized spacial score (nSPS) is 20.0. The van der Waals surface area contributed by atoms with Gasteiger partial charge in [0.15, 0.2) is 0 Å². The quantitative estimate of drug-likeness (QED) is 0.624. The van der Waals surface area contributed by atoms with Gasteiger partial charge in [0.1, 0.15) is 5.82 Å². The van der Waals surface area contributed by atoms with Crippen molar-refractivity contribution in [1.82, 2.24) is 4.90 Å². The smallest absolute Gasteiger partial charge is 0.146 e. The highest BCUT2D eigenvalue weighted by Crippen LogP contribution is 2.27. The van der Waals surface area contributed by atoms with E-state index in [1.54, 1.807) is 6.07 Å². The van der Waals surface area contributed by atoms with Crippen molar-refractivity contribution in [2.24, 2.45) is 5.92 Å². The van der Waals surface area contributed by atoms with Crippen molar-refractivity contribution in [2.45, 2.75) is 25.4 Å². The van der Waals surface area contributed by atoms with E-state index in [-0.39, 0.29) is 11.9 Å². The Hall–Kier alpha value is -2.65. The molecule has 3 heteroatoms. The molecule has 1 heterocycles. The van der Waals surface area contributed by atoms with Gasteiger partial charge in [-0.05, 0) is 42.0 Å². The molecule has 2 atom stereocenters. The molecule has 0 saturated carbocycles. The van der Waals surface area contributed by atoms with Gasteiger partial charge < -0.3 is 5.32 Å². The van der Waals surface area contributed by atoms with Crippen LogP contribution < -0.4 is 5.32 Å². The zero-order chi connectivity index (χ0) is 19.2. The van der Waals surface area contributed by atoms with Crippen LogP contribution in [0.25, 0.3) is 0 Å². The molecule has 0 aliphatic carbocycles. The summed E-state index contributed by atoms with van der Waals surface area (Å²) in [6.45, 7) is 3.00. The molecular weight excluding hydrogens is 347 g/mol. The molecule has 144 valence electrons. The Kier molecular flexibility index (Phi) is 6.03. The van der Waals surface area contributed by atoms with Crippen LogP contribution in [0, 0.1) is 11.7 Å². The second-order valence-corrected chi connectivity index (χ2v) is 7.69. The summed E-state index contributed by atoms with van der Waals surface area (Å²) in [6, 6.07) is 28.5. The van der Waals surface area contributed by atoms with Crippen LogP contribution in [0.2, 0.25) is 0 Å². The SMILES string of the molecule is Fc1ccccc1NC1CCN(Cc2ccccc2)CC1Cc1ccccc1. The predicted molar refractivity (Wildman–Crippen MR) is 114 cm³/mol. The number of anilines is 1. The minimum Gasteiger partial charge on any atom is -0.380 e. The fourth-order valence-corrected chi connectivity index (χ4v) is 4.18. The first-order valence-corrected chi connectivity index (χ1v) is 10.1. The lowest BCUT2D eigenvalue weighted by molar-refractivity contribution is 0.154. The van der Waals surface area contributed by atoms with Crippen molar-refractivity contribution in [2.75, 3.05) is 18.4 Å². The van der Waals surface area contributed by atoms with E-state index in [2.05, 4.69) is 70.9 Å². The van der Waals surface area contributed by atoms with Crippen LogP contribution in [0.1, 0.15) is 17.5 Å². The number of halogens is 1. The molecule has 1 aliphatic heterocycles. The van der Waals surface area contributed by atoms with Crippen molar-refractivity contribution >= 4 is 5.69 Å². The number of likely N-dealkylation sites (tertiary alicyclic amines) is 1. The maximum atomic E-state index is 14.2. The summed E-state index contributed by atoms with van der Waals surface area (Å²) < 4.78 is 14.2. The van der Waals surface area contributed by atoms with Crippen LogP contribution in [-0.2, 0) is 13.0 Å². The zero-order valence-corrected chi connectivity index (χ0v) is 16.1. The largest absolute Gasteiger partial charge is 0.380 e. The molecule has 1 N–H and O–H groups in total. The Morgan fingerprint density at radius 2 is 1.46 bits per heavy atom. The molecule has 3 aromatic rings. The molecule has 4 rings (SSSR count). The molecule has 0 bridgehead atoms. The fraction of sp³-hybridized carbons (Fsp3) is 0.280. The molecule has 2 nitrogen and oxygen atoms in total. The third kappa shape index (κ3) is 4.79. The predicted octanol–water partition coefficient (Wildman–Crippen LogP) is 5.37. The van der Waals surface area contributed by atoms with Gasteiger partial charge in [0.25, 0.3) is 0 Å². The Balaban J connectivity index is 1.49. The van der Waals surface area contributed by atoms with E-state index in [9.17, 15) is 4.39 Å². The summed E-state index contributed by atoms with van der Waals surface area (Å²) in [4.78, 5) is 2.53. The highest BCUT2D eigenvalue weighted by molar-refractivity contribution is 5.45. The number of hydrogen-bond donors (Lipinski definition) is 1. The molecule has 1 aliphatic rings. The van der Waals surface area contributed by atoms with Gasteiger partial charge >= 0.3 is 0 Å². The molecule has 28 heavy (non-hydrogen) atoms. The molecule has 0 amide bonds. The standard InChI is InChI=1S/C25H27FN2/c26-23-13-7-8-14-25(23)27-24-15-16-28(18-21-11-5-2-6-12-21)19-22(24)17-20-9-3-1-4-10-20/h1-14,22,24,27H,15-19H2. The van der Waals surface area contributed by atoms with E-state index in [0.717, 1.165) is 32.5 Å².